The van der Waals surface area contributed by atoms with E-state index in [4.69, 9.17) is 10.00 Å². The summed E-state index contributed by atoms with van der Waals surface area (Å²) in [5.74, 6) is 0. The number of hydrogen-bond donors (Lipinski definition) is 2. The molecule has 1 aromatic rings. The van der Waals surface area contributed by atoms with Gasteiger partial charge in [-0.3, -0.25) is 0 Å². The van der Waals surface area contributed by atoms with E-state index in [9.17, 15) is 4.79 Å². The topological polar surface area (TPSA) is 74.2 Å². The Bertz CT molecular complexity index is 579. The van der Waals surface area contributed by atoms with Gasteiger partial charge in [-0.25, -0.2) is 4.79 Å². The Balaban J connectivity index is 1.77. The van der Waals surface area contributed by atoms with Gasteiger partial charge in [0.15, 0.2) is 0 Å². The molecular formula is C18H24N3O2. The Morgan fingerprint density at radius 1 is 1.26 bits per heavy atom. The summed E-state index contributed by atoms with van der Waals surface area (Å²) in [5.41, 5.74) is 0.924. The van der Waals surface area contributed by atoms with E-state index >= 15 is 0 Å². The second kappa shape index (κ2) is 7.36. The summed E-state index contributed by atoms with van der Waals surface area (Å²) in [4.78, 5) is 11.8. The Kier molecular flexibility index (Phi) is 5.49. The summed E-state index contributed by atoms with van der Waals surface area (Å²) in [7, 11) is 0. The molecule has 0 aliphatic heterocycles. The minimum absolute atomic E-state index is 0.164. The molecule has 1 radical (unpaired) electrons. The summed E-state index contributed by atoms with van der Waals surface area (Å²) in [6, 6.07) is 11.2. The molecule has 0 atom stereocenters. The van der Waals surface area contributed by atoms with Crippen LogP contribution in [0.2, 0.25) is 0 Å². The van der Waals surface area contributed by atoms with Gasteiger partial charge in [-0.1, -0.05) is 6.07 Å². The van der Waals surface area contributed by atoms with Crippen LogP contribution in [-0.2, 0) is 4.74 Å². The number of anilines is 1. The highest BCUT2D eigenvalue weighted by atomic mass is 16.6. The number of carbonyl (C=O) groups excluding carboxylic acids is 1. The molecule has 0 heterocycles. The maximum Gasteiger partial charge on any atom is 0.407 e. The number of nitrogens with one attached hydrogen (secondary N) is 2. The van der Waals surface area contributed by atoms with Crippen molar-refractivity contribution in [3.05, 3.63) is 29.8 Å². The van der Waals surface area contributed by atoms with Crippen molar-refractivity contribution in [1.29, 1.82) is 5.26 Å². The molecule has 2 rings (SSSR count). The first-order chi connectivity index (χ1) is 10.9. The Morgan fingerprint density at radius 2 is 1.91 bits per heavy atom. The molecule has 0 saturated heterocycles. The van der Waals surface area contributed by atoms with Gasteiger partial charge in [0.05, 0.1) is 11.6 Å². The van der Waals surface area contributed by atoms with Crippen molar-refractivity contribution in [3.63, 3.8) is 0 Å². The van der Waals surface area contributed by atoms with E-state index in [1.165, 1.54) is 0 Å². The van der Waals surface area contributed by atoms with Crippen LogP contribution in [0.25, 0.3) is 0 Å². The predicted molar refractivity (Wildman–Crippen MR) is 89.0 cm³/mol. The van der Waals surface area contributed by atoms with Gasteiger partial charge in [-0.15, -0.1) is 0 Å². The average molecular weight is 314 g/mol. The van der Waals surface area contributed by atoms with Gasteiger partial charge < -0.3 is 15.4 Å². The quantitative estimate of drug-likeness (QED) is 0.894. The third-order valence-corrected chi connectivity index (χ3v) is 3.72. The largest absolute Gasteiger partial charge is 0.444 e. The van der Waals surface area contributed by atoms with Crippen LogP contribution in [0.5, 0.6) is 0 Å². The summed E-state index contributed by atoms with van der Waals surface area (Å²) >= 11 is 0. The number of ether oxygens (including phenoxy) is 1. The van der Waals surface area contributed by atoms with Gasteiger partial charge in [-0.2, -0.15) is 5.26 Å². The highest BCUT2D eigenvalue weighted by Gasteiger charge is 2.24. The van der Waals surface area contributed by atoms with Gasteiger partial charge in [0, 0.05) is 23.8 Å². The van der Waals surface area contributed by atoms with Crippen LogP contribution in [0.3, 0.4) is 0 Å². The van der Waals surface area contributed by atoms with Crippen molar-refractivity contribution < 1.29 is 9.53 Å². The lowest BCUT2D eigenvalue weighted by atomic mass is 9.91. The summed E-state index contributed by atoms with van der Waals surface area (Å²) in [5, 5.41) is 15.3. The predicted octanol–water partition coefficient (Wildman–Crippen LogP) is 3.61. The zero-order valence-electron chi connectivity index (χ0n) is 14.0. The molecule has 1 aliphatic carbocycles. The molecule has 1 aliphatic rings. The van der Waals surface area contributed by atoms with Crippen LogP contribution in [0.4, 0.5) is 10.5 Å². The Morgan fingerprint density at radius 3 is 2.52 bits per heavy atom. The lowest BCUT2D eigenvalue weighted by Crippen LogP contribution is -2.42. The van der Waals surface area contributed by atoms with Crippen molar-refractivity contribution >= 4 is 11.8 Å². The molecule has 0 unspecified atom stereocenters. The monoisotopic (exact) mass is 314 g/mol. The smallest absolute Gasteiger partial charge is 0.407 e. The first-order valence-corrected chi connectivity index (χ1v) is 8.04. The first-order valence-electron chi connectivity index (χ1n) is 8.04. The first kappa shape index (κ1) is 17.1. The van der Waals surface area contributed by atoms with Gasteiger partial charge in [0.25, 0.3) is 0 Å². The number of amides is 1. The molecule has 0 aromatic heterocycles. The van der Waals surface area contributed by atoms with E-state index in [1.807, 2.05) is 32.9 Å². The molecule has 1 amide bonds. The van der Waals surface area contributed by atoms with E-state index in [-0.39, 0.29) is 12.1 Å². The minimum atomic E-state index is -0.468. The van der Waals surface area contributed by atoms with E-state index in [1.54, 1.807) is 6.07 Å². The van der Waals surface area contributed by atoms with Crippen molar-refractivity contribution in [3.8, 4) is 6.07 Å². The van der Waals surface area contributed by atoms with E-state index in [2.05, 4.69) is 22.8 Å². The molecule has 23 heavy (non-hydrogen) atoms. The summed E-state index contributed by atoms with van der Waals surface area (Å²) in [6.07, 6.45) is 3.41. The molecule has 1 saturated carbocycles. The highest BCUT2D eigenvalue weighted by molar-refractivity contribution is 5.68. The summed E-state index contributed by atoms with van der Waals surface area (Å²) in [6.45, 7) is 5.58. The fourth-order valence-corrected chi connectivity index (χ4v) is 2.69. The van der Waals surface area contributed by atoms with Crippen LogP contribution in [0.1, 0.15) is 52.0 Å². The fraction of sp³-hybridized carbons (Fsp3) is 0.556. The number of nitrogens with zero attached hydrogens (tertiary/aromatic N) is 1. The number of rotatable bonds is 3. The lowest BCUT2D eigenvalue weighted by molar-refractivity contribution is 0.0492. The van der Waals surface area contributed by atoms with E-state index in [0.717, 1.165) is 31.4 Å². The number of nitriles is 1. The molecule has 0 bridgehead atoms. The zero-order valence-corrected chi connectivity index (χ0v) is 14.0. The van der Waals surface area contributed by atoms with Crippen LogP contribution < -0.4 is 10.6 Å². The number of hydrogen-bond acceptors (Lipinski definition) is 4. The number of benzene rings is 1. The fourth-order valence-electron chi connectivity index (χ4n) is 2.69. The summed E-state index contributed by atoms with van der Waals surface area (Å²) < 4.78 is 5.29. The molecule has 5 heteroatoms. The van der Waals surface area contributed by atoms with Gasteiger partial charge >= 0.3 is 6.09 Å². The van der Waals surface area contributed by atoms with Gasteiger partial charge in [-0.05, 0) is 58.6 Å². The van der Waals surface area contributed by atoms with Crippen molar-refractivity contribution in [2.45, 2.75) is 64.1 Å². The lowest BCUT2D eigenvalue weighted by Gasteiger charge is -2.31. The van der Waals surface area contributed by atoms with Crippen molar-refractivity contribution in [1.82, 2.24) is 5.32 Å². The molecule has 1 aromatic carbocycles. The van der Waals surface area contributed by atoms with Crippen LogP contribution in [-0.4, -0.2) is 23.8 Å². The minimum Gasteiger partial charge on any atom is -0.444 e. The van der Waals surface area contributed by atoms with Crippen molar-refractivity contribution in [2.75, 3.05) is 5.32 Å². The molecule has 1 fully saturated rings. The molecular weight excluding hydrogens is 290 g/mol. The van der Waals surface area contributed by atoms with Crippen LogP contribution >= 0.6 is 0 Å². The zero-order chi connectivity index (χ0) is 16.9. The van der Waals surface area contributed by atoms with E-state index in [0.29, 0.717) is 11.6 Å². The molecule has 5 nitrogen and oxygen atoms in total. The highest BCUT2D eigenvalue weighted by Crippen LogP contribution is 2.23. The molecule has 2 N–H and O–H groups in total. The van der Waals surface area contributed by atoms with Crippen LogP contribution in [0, 0.1) is 17.4 Å². The third-order valence-electron chi connectivity index (χ3n) is 3.72. The molecule has 123 valence electrons. The maximum atomic E-state index is 11.8. The van der Waals surface area contributed by atoms with E-state index < -0.39 is 5.60 Å². The average Bonchev–Trinajstić information content (AvgIpc) is 2.47. The SMILES string of the molecule is CC(C)(C)OC(=O)NC1CCC(Nc2[c]c(C#N)ccc2)CC1. The second-order valence-electron chi connectivity index (χ2n) is 6.93. The van der Waals surface area contributed by atoms with Crippen LogP contribution in [0.15, 0.2) is 18.2 Å². The standard InChI is InChI=1S/C18H24N3O2/c1-18(2,3)23-17(22)21-15-9-7-14(8-10-15)20-16-6-4-5-13(11-16)12-19/h4-6,14-15,20H,7-10H2,1-3H3,(H,21,22). The van der Waals surface area contributed by atoms with Crippen molar-refractivity contribution in [2.24, 2.45) is 0 Å². The number of carbonyl (C=O) groups is 1. The Labute approximate surface area is 138 Å². The second-order valence-corrected chi connectivity index (χ2v) is 6.93. The maximum absolute atomic E-state index is 11.8. The van der Waals surface area contributed by atoms with Gasteiger partial charge in [0.1, 0.15) is 5.60 Å². The number of alkyl carbamates (subject to hydrolysis) is 1. The third kappa shape index (κ3) is 5.82. The normalized spacial score (nSPS) is 21.1. The molecule has 0 spiro atoms. The van der Waals surface area contributed by atoms with Gasteiger partial charge in [0.2, 0.25) is 0 Å². The Hall–Kier alpha value is -2.22.